The van der Waals surface area contributed by atoms with E-state index < -0.39 is 23.3 Å². The average Bonchev–Trinajstić information content (AvgIpc) is 2.66. The van der Waals surface area contributed by atoms with E-state index in [4.69, 9.17) is 9.84 Å². The van der Waals surface area contributed by atoms with E-state index in [2.05, 4.69) is 15.3 Å². The van der Waals surface area contributed by atoms with Gasteiger partial charge in [-0.1, -0.05) is 12.1 Å². The fourth-order valence-electron chi connectivity index (χ4n) is 2.35. The number of ether oxygens (including phenoxy) is 1. The number of nitrogens with zero attached hydrogens (tertiary/aromatic N) is 3. The van der Waals surface area contributed by atoms with Crippen LogP contribution < -0.4 is 10.2 Å². The highest BCUT2D eigenvalue weighted by atomic mass is 16.6. The second-order valence-electron chi connectivity index (χ2n) is 8.52. The number of hydrogen-bond acceptors (Lipinski definition) is 7. The summed E-state index contributed by atoms with van der Waals surface area (Å²) in [6.45, 7) is 10.6. The van der Waals surface area contributed by atoms with Gasteiger partial charge >= 0.3 is 12.2 Å². The van der Waals surface area contributed by atoms with Gasteiger partial charge in [0, 0.05) is 5.54 Å². The molecular formula is C22H28N4O6. The van der Waals surface area contributed by atoms with Crippen molar-refractivity contribution >= 4 is 36.4 Å². The Balaban J connectivity index is 0.000000320. The molecule has 2 heterocycles. The van der Waals surface area contributed by atoms with Gasteiger partial charge in [0.1, 0.15) is 28.6 Å². The summed E-state index contributed by atoms with van der Waals surface area (Å²) in [7, 11) is 0. The van der Waals surface area contributed by atoms with Gasteiger partial charge < -0.3 is 9.84 Å². The van der Waals surface area contributed by atoms with Crippen molar-refractivity contribution in [3.05, 3.63) is 47.8 Å². The van der Waals surface area contributed by atoms with Crippen molar-refractivity contribution < 1.29 is 29.0 Å². The van der Waals surface area contributed by atoms with E-state index in [1.807, 2.05) is 0 Å². The Labute approximate surface area is 186 Å². The molecule has 0 aromatic carbocycles. The van der Waals surface area contributed by atoms with Crippen molar-refractivity contribution in [3.63, 3.8) is 0 Å². The van der Waals surface area contributed by atoms with Gasteiger partial charge in [0.05, 0.1) is 0 Å². The molecule has 0 saturated carbocycles. The van der Waals surface area contributed by atoms with E-state index in [0.717, 1.165) is 4.90 Å². The molecule has 0 radical (unpaired) electrons. The molecule has 0 aliphatic carbocycles. The fraction of sp³-hybridized carbons (Fsp3) is 0.364. The zero-order valence-corrected chi connectivity index (χ0v) is 18.9. The Morgan fingerprint density at radius 3 is 1.94 bits per heavy atom. The summed E-state index contributed by atoms with van der Waals surface area (Å²) < 4.78 is 5.04. The van der Waals surface area contributed by atoms with Crippen LogP contribution in [-0.4, -0.2) is 51.0 Å². The quantitative estimate of drug-likeness (QED) is 0.661. The maximum Gasteiger partial charge on any atom is 0.413 e. The summed E-state index contributed by atoms with van der Waals surface area (Å²) >= 11 is 0. The van der Waals surface area contributed by atoms with E-state index in [-0.39, 0.29) is 17.2 Å². The average molecular weight is 444 g/mol. The smallest absolute Gasteiger partial charge is 0.413 e. The van der Waals surface area contributed by atoms with Crippen LogP contribution in [0.15, 0.2) is 36.4 Å². The van der Waals surface area contributed by atoms with Crippen LogP contribution in [0.4, 0.5) is 21.2 Å². The number of carbonyl (C=O) groups excluding carboxylic acids is 3. The summed E-state index contributed by atoms with van der Waals surface area (Å²) in [6, 6.07) is 9.45. The minimum absolute atomic E-state index is 0.216. The topological polar surface area (TPSA) is 139 Å². The maximum absolute atomic E-state index is 11.4. The molecule has 10 nitrogen and oxygen atoms in total. The number of nitrogens with one attached hydrogen (secondary N) is 1. The van der Waals surface area contributed by atoms with Crippen molar-refractivity contribution in [2.24, 2.45) is 0 Å². The van der Waals surface area contributed by atoms with Crippen LogP contribution >= 0.6 is 0 Å². The number of carbonyl (C=O) groups is 4. The number of anilines is 2. The van der Waals surface area contributed by atoms with E-state index in [0.29, 0.717) is 18.4 Å². The monoisotopic (exact) mass is 444 g/mol. The molecule has 0 unspecified atom stereocenters. The Hall–Kier alpha value is -3.82. The lowest BCUT2D eigenvalue weighted by Gasteiger charge is -2.32. The van der Waals surface area contributed by atoms with Crippen molar-refractivity contribution in [3.8, 4) is 0 Å². The first-order chi connectivity index (χ1) is 14.8. The minimum atomic E-state index is -1.09. The number of amides is 2. The first kappa shape index (κ1) is 26.2. The molecule has 0 saturated heterocycles. The lowest BCUT2D eigenvalue weighted by Crippen LogP contribution is -2.45. The Morgan fingerprint density at radius 2 is 1.47 bits per heavy atom. The molecule has 2 aromatic rings. The summed E-state index contributed by atoms with van der Waals surface area (Å²) in [5.41, 5.74) is -0.700. The summed E-state index contributed by atoms with van der Waals surface area (Å²) in [4.78, 5) is 52.5. The predicted octanol–water partition coefficient (Wildman–Crippen LogP) is 4.42. The van der Waals surface area contributed by atoms with Crippen LogP contribution in [0.5, 0.6) is 0 Å². The normalized spacial score (nSPS) is 10.8. The van der Waals surface area contributed by atoms with Crippen molar-refractivity contribution in [2.45, 2.75) is 52.7 Å². The van der Waals surface area contributed by atoms with Gasteiger partial charge in [-0.3, -0.25) is 19.8 Å². The number of aldehydes is 2. The third kappa shape index (κ3) is 8.90. The first-order valence-electron chi connectivity index (χ1n) is 9.64. The highest BCUT2D eigenvalue weighted by molar-refractivity contribution is 5.87. The summed E-state index contributed by atoms with van der Waals surface area (Å²) in [5.74, 6) is 0.545. The number of rotatable bonds is 4. The Bertz CT molecular complexity index is 961. The second-order valence-corrected chi connectivity index (χ2v) is 8.52. The van der Waals surface area contributed by atoms with Crippen LogP contribution in [-0.2, 0) is 4.74 Å². The molecule has 2 rings (SSSR count). The van der Waals surface area contributed by atoms with Gasteiger partial charge in [-0.15, -0.1) is 0 Å². The first-order valence-corrected chi connectivity index (χ1v) is 9.64. The molecule has 2 amide bonds. The molecule has 0 aliphatic rings. The third-order valence-electron chi connectivity index (χ3n) is 3.49. The van der Waals surface area contributed by atoms with Gasteiger partial charge in [0.2, 0.25) is 0 Å². The van der Waals surface area contributed by atoms with Gasteiger partial charge in [-0.25, -0.2) is 19.6 Å². The fourth-order valence-corrected chi connectivity index (χ4v) is 2.35. The van der Waals surface area contributed by atoms with Crippen molar-refractivity contribution in [1.82, 2.24) is 9.97 Å². The SMILES string of the molecule is CC(C)(C)N(C(=O)O)c1cccc(C=O)n1.CC(C)(C)OC(=O)Nc1cccc(C=O)n1. The van der Waals surface area contributed by atoms with E-state index in [1.54, 1.807) is 71.9 Å². The van der Waals surface area contributed by atoms with Crippen LogP contribution in [0, 0.1) is 0 Å². The van der Waals surface area contributed by atoms with Crippen molar-refractivity contribution in [2.75, 3.05) is 10.2 Å². The van der Waals surface area contributed by atoms with Gasteiger partial charge in [0.25, 0.3) is 0 Å². The maximum atomic E-state index is 11.4. The third-order valence-corrected chi connectivity index (χ3v) is 3.49. The van der Waals surface area contributed by atoms with Crippen LogP contribution in [0.1, 0.15) is 62.5 Å². The highest BCUT2D eigenvalue weighted by Crippen LogP contribution is 2.21. The highest BCUT2D eigenvalue weighted by Gasteiger charge is 2.28. The Kier molecular flexibility index (Phi) is 9.00. The summed E-state index contributed by atoms with van der Waals surface area (Å²) in [6.07, 6.45) is -0.488. The Morgan fingerprint density at radius 1 is 0.938 bits per heavy atom. The standard InChI is InChI=1S/2C11H14N2O3/c1-11(2,3)16-10(15)13-9-6-4-5-8(7-14)12-9;1-11(2,3)13(10(15)16)9-6-4-5-8(7-14)12-9/h4-7H,1-3H3,(H,12,13,15);4-7H,1-3H3,(H,15,16). The molecule has 10 heteroatoms. The molecule has 2 aromatic heterocycles. The van der Waals surface area contributed by atoms with Crippen LogP contribution in [0.2, 0.25) is 0 Å². The lowest BCUT2D eigenvalue weighted by atomic mass is 10.1. The van der Waals surface area contributed by atoms with Gasteiger partial charge in [0.15, 0.2) is 12.6 Å². The number of pyridine rings is 2. The van der Waals surface area contributed by atoms with Crippen LogP contribution in [0.25, 0.3) is 0 Å². The molecule has 2 N–H and O–H groups in total. The molecule has 32 heavy (non-hydrogen) atoms. The molecule has 0 fully saturated rings. The van der Waals surface area contributed by atoms with E-state index in [9.17, 15) is 19.2 Å². The van der Waals surface area contributed by atoms with Crippen LogP contribution in [0.3, 0.4) is 0 Å². The molecule has 0 atom stereocenters. The summed E-state index contributed by atoms with van der Waals surface area (Å²) in [5, 5.41) is 11.6. The van der Waals surface area contributed by atoms with Gasteiger partial charge in [-0.2, -0.15) is 0 Å². The lowest BCUT2D eigenvalue weighted by molar-refractivity contribution is 0.0634. The number of hydrogen-bond donors (Lipinski definition) is 2. The molecule has 0 bridgehead atoms. The largest absolute Gasteiger partial charge is 0.465 e. The number of carboxylic acid groups (broad SMARTS) is 1. The molecule has 172 valence electrons. The zero-order chi connectivity index (χ0) is 24.5. The predicted molar refractivity (Wildman–Crippen MR) is 119 cm³/mol. The van der Waals surface area contributed by atoms with Crippen molar-refractivity contribution in [1.29, 1.82) is 0 Å². The van der Waals surface area contributed by atoms with E-state index >= 15 is 0 Å². The molecular weight excluding hydrogens is 416 g/mol. The number of aromatic nitrogens is 2. The second kappa shape index (κ2) is 11.0. The van der Waals surface area contributed by atoms with E-state index in [1.165, 1.54) is 6.07 Å². The molecule has 0 spiro atoms. The van der Waals surface area contributed by atoms with Gasteiger partial charge in [-0.05, 0) is 65.8 Å². The molecule has 0 aliphatic heterocycles. The zero-order valence-electron chi connectivity index (χ0n) is 18.9. The minimum Gasteiger partial charge on any atom is -0.465 e.